The summed E-state index contributed by atoms with van der Waals surface area (Å²) in [6, 6.07) is 0. The van der Waals surface area contributed by atoms with Crippen LogP contribution in [0.1, 0.15) is 58.3 Å². The lowest BCUT2D eigenvalue weighted by atomic mass is 9.54. The smallest absolute Gasteiger partial charge is 0.225 e. The standard InChI is InChI=1S/C17H30N2O2/c1-14-6-2-3-9-17(14,15(18)20)16(7-4-5-8-16)19-10-12-21-13-11-19/h14H,2-13H2,1H3,(H2,18,20). The van der Waals surface area contributed by atoms with Gasteiger partial charge in [-0.15, -0.1) is 0 Å². The third kappa shape index (κ3) is 2.22. The van der Waals surface area contributed by atoms with Gasteiger partial charge in [-0.2, -0.15) is 0 Å². The molecule has 1 amide bonds. The number of amides is 1. The monoisotopic (exact) mass is 294 g/mol. The molecule has 2 unspecified atom stereocenters. The Bertz CT molecular complexity index is 386. The van der Waals surface area contributed by atoms with E-state index in [-0.39, 0.29) is 16.9 Å². The summed E-state index contributed by atoms with van der Waals surface area (Å²) in [5, 5.41) is 0. The minimum Gasteiger partial charge on any atom is -0.379 e. The van der Waals surface area contributed by atoms with Gasteiger partial charge in [-0.05, 0) is 31.6 Å². The molecular formula is C17H30N2O2. The van der Waals surface area contributed by atoms with Crippen LogP contribution in [0.5, 0.6) is 0 Å². The number of hydrogen-bond donors (Lipinski definition) is 1. The quantitative estimate of drug-likeness (QED) is 0.869. The molecule has 2 atom stereocenters. The summed E-state index contributed by atoms with van der Waals surface area (Å²) in [6.07, 6.45) is 9.28. The number of hydrogen-bond acceptors (Lipinski definition) is 3. The first-order chi connectivity index (χ1) is 10.1. The van der Waals surface area contributed by atoms with Crippen LogP contribution in [0.2, 0.25) is 0 Å². The Morgan fingerprint density at radius 2 is 1.71 bits per heavy atom. The van der Waals surface area contributed by atoms with E-state index in [1.54, 1.807) is 0 Å². The molecule has 1 heterocycles. The largest absolute Gasteiger partial charge is 0.379 e. The minimum absolute atomic E-state index is 0.00243. The molecule has 4 heteroatoms. The zero-order valence-corrected chi connectivity index (χ0v) is 13.4. The molecule has 120 valence electrons. The lowest BCUT2D eigenvalue weighted by molar-refractivity contribution is -0.157. The predicted octanol–water partition coefficient (Wildman–Crippen LogP) is 2.31. The zero-order chi connectivity index (χ0) is 14.9. The van der Waals surface area contributed by atoms with Crippen molar-refractivity contribution in [2.75, 3.05) is 26.3 Å². The number of nitrogens with two attached hydrogens (primary N) is 1. The van der Waals surface area contributed by atoms with Crippen molar-refractivity contribution in [3.8, 4) is 0 Å². The van der Waals surface area contributed by atoms with Gasteiger partial charge in [-0.3, -0.25) is 9.69 Å². The fourth-order valence-electron chi connectivity index (χ4n) is 5.63. The highest BCUT2D eigenvalue weighted by Crippen LogP contribution is 2.57. The Morgan fingerprint density at radius 3 is 2.29 bits per heavy atom. The number of morpholine rings is 1. The fraction of sp³-hybridized carbons (Fsp3) is 0.941. The van der Waals surface area contributed by atoms with Gasteiger partial charge < -0.3 is 10.5 Å². The van der Waals surface area contributed by atoms with Crippen LogP contribution in [0.3, 0.4) is 0 Å². The van der Waals surface area contributed by atoms with Crippen molar-refractivity contribution in [1.29, 1.82) is 0 Å². The minimum atomic E-state index is -0.320. The SMILES string of the molecule is CC1CCCCC1(C(N)=O)C1(N2CCOCC2)CCCC1. The Balaban J connectivity index is 2.02. The molecule has 3 rings (SSSR count). The second-order valence-corrected chi connectivity index (χ2v) is 7.32. The van der Waals surface area contributed by atoms with Crippen LogP contribution in [0.25, 0.3) is 0 Å². The summed E-state index contributed by atoms with van der Waals surface area (Å²) in [7, 11) is 0. The molecule has 3 aliphatic rings. The molecule has 2 saturated carbocycles. The molecule has 2 aliphatic carbocycles. The van der Waals surface area contributed by atoms with E-state index in [0.29, 0.717) is 5.92 Å². The van der Waals surface area contributed by atoms with E-state index in [4.69, 9.17) is 10.5 Å². The maximum atomic E-state index is 12.7. The van der Waals surface area contributed by atoms with Gasteiger partial charge in [0.15, 0.2) is 0 Å². The number of ether oxygens (including phenoxy) is 1. The van der Waals surface area contributed by atoms with Gasteiger partial charge in [-0.1, -0.05) is 32.6 Å². The Morgan fingerprint density at radius 1 is 1.10 bits per heavy atom. The molecule has 0 bridgehead atoms. The van der Waals surface area contributed by atoms with Crippen LogP contribution in [-0.2, 0) is 9.53 Å². The van der Waals surface area contributed by atoms with Gasteiger partial charge in [0.05, 0.1) is 18.6 Å². The van der Waals surface area contributed by atoms with Crippen LogP contribution < -0.4 is 5.73 Å². The average molecular weight is 294 g/mol. The molecule has 1 aliphatic heterocycles. The molecule has 0 radical (unpaired) electrons. The van der Waals surface area contributed by atoms with Crippen LogP contribution in [0.4, 0.5) is 0 Å². The van der Waals surface area contributed by atoms with Crippen molar-refractivity contribution in [1.82, 2.24) is 4.90 Å². The lowest BCUT2D eigenvalue weighted by Crippen LogP contribution is -2.68. The predicted molar refractivity (Wildman–Crippen MR) is 82.9 cm³/mol. The highest BCUT2D eigenvalue weighted by atomic mass is 16.5. The van der Waals surface area contributed by atoms with E-state index in [2.05, 4.69) is 11.8 Å². The van der Waals surface area contributed by atoms with E-state index in [1.165, 1.54) is 19.3 Å². The average Bonchev–Trinajstić information content (AvgIpc) is 2.99. The molecule has 0 spiro atoms. The molecule has 4 nitrogen and oxygen atoms in total. The summed E-state index contributed by atoms with van der Waals surface area (Å²) >= 11 is 0. The van der Waals surface area contributed by atoms with Gasteiger partial charge in [0.2, 0.25) is 5.91 Å². The van der Waals surface area contributed by atoms with Gasteiger partial charge in [0.25, 0.3) is 0 Å². The van der Waals surface area contributed by atoms with Crippen molar-refractivity contribution < 1.29 is 9.53 Å². The van der Waals surface area contributed by atoms with E-state index >= 15 is 0 Å². The Hall–Kier alpha value is -0.610. The summed E-state index contributed by atoms with van der Waals surface area (Å²) in [5.74, 6) is 0.368. The maximum absolute atomic E-state index is 12.7. The number of primary amides is 1. The van der Waals surface area contributed by atoms with Crippen molar-refractivity contribution in [2.45, 2.75) is 63.8 Å². The van der Waals surface area contributed by atoms with Crippen LogP contribution in [0, 0.1) is 11.3 Å². The fourth-order valence-corrected chi connectivity index (χ4v) is 5.63. The Kier molecular flexibility index (Phi) is 4.28. The number of nitrogens with zero attached hydrogens (tertiary/aromatic N) is 1. The third-order valence-corrected chi connectivity index (χ3v) is 6.62. The van der Waals surface area contributed by atoms with Gasteiger partial charge >= 0.3 is 0 Å². The number of rotatable bonds is 3. The second-order valence-electron chi connectivity index (χ2n) is 7.32. The summed E-state index contributed by atoms with van der Waals surface area (Å²) in [4.78, 5) is 15.3. The van der Waals surface area contributed by atoms with Crippen molar-refractivity contribution in [2.24, 2.45) is 17.1 Å². The van der Waals surface area contributed by atoms with E-state index in [0.717, 1.165) is 58.4 Å². The van der Waals surface area contributed by atoms with E-state index < -0.39 is 0 Å². The summed E-state index contributed by atoms with van der Waals surface area (Å²) in [6.45, 7) is 5.78. The highest BCUT2D eigenvalue weighted by Gasteiger charge is 2.61. The molecule has 3 fully saturated rings. The number of carbonyl (C=O) groups excluding carboxylic acids is 1. The molecule has 2 N–H and O–H groups in total. The maximum Gasteiger partial charge on any atom is 0.225 e. The van der Waals surface area contributed by atoms with Gasteiger partial charge in [-0.25, -0.2) is 0 Å². The van der Waals surface area contributed by atoms with E-state index in [1.807, 2.05) is 0 Å². The van der Waals surface area contributed by atoms with Crippen LogP contribution in [0.15, 0.2) is 0 Å². The summed E-state index contributed by atoms with van der Waals surface area (Å²) in [5.41, 5.74) is 5.75. The highest BCUT2D eigenvalue weighted by molar-refractivity contribution is 5.83. The van der Waals surface area contributed by atoms with Crippen molar-refractivity contribution >= 4 is 5.91 Å². The van der Waals surface area contributed by atoms with Gasteiger partial charge in [0.1, 0.15) is 0 Å². The third-order valence-electron chi connectivity index (χ3n) is 6.62. The normalized spacial score (nSPS) is 37.5. The first-order valence-electron chi connectivity index (χ1n) is 8.76. The van der Waals surface area contributed by atoms with Crippen molar-refractivity contribution in [3.63, 3.8) is 0 Å². The Labute approximate surface area is 128 Å². The van der Waals surface area contributed by atoms with Crippen molar-refractivity contribution in [3.05, 3.63) is 0 Å². The molecule has 21 heavy (non-hydrogen) atoms. The summed E-state index contributed by atoms with van der Waals surface area (Å²) < 4.78 is 5.55. The topological polar surface area (TPSA) is 55.6 Å². The molecular weight excluding hydrogens is 264 g/mol. The first-order valence-corrected chi connectivity index (χ1v) is 8.76. The van der Waals surface area contributed by atoms with Crippen LogP contribution in [-0.4, -0.2) is 42.6 Å². The van der Waals surface area contributed by atoms with E-state index in [9.17, 15) is 4.79 Å². The molecule has 1 saturated heterocycles. The van der Waals surface area contributed by atoms with Gasteiger partial charge in [0, 0.05) is 18.6 Å². The lowest BCUT2D eigenvalue weighted by Gasteiger charge is -2.58. The number of carbonyl (C=O) groups is 1. The zero-order valence-electron chi connectivity index (χ0n) is 13.4. The molecule has 0 aromatic carbocycles. The molecule has 0 aromatic heterocycles. The van der Waals surface area contributed by atoms with Crippen LogP contribution >= 0.6 is 0 Å². The first kappa shape index (κ1) is 15.3. The second kappa shape index (κ2) is 5.88. The molecule has 0 aromatic rings.